The molecule has 0 unspecified atom stereocenters. The molecule has 2 rings (SSSR count). The van der Waals surface area contributed by atoms with Crippen LogP contribution in [0.25, 0.3) is 0 Å². The molecule has 21 heavy (non-hydrogen) atoms. The normalized spacial score (nSPS) is 10.3. The van der Waals surface area contributed by atoms with Crippen molar-refractivity contribution in [1.82, 2.24) is 10.6 Å². The van der Waals surface area contributed by atoms with Crippen LogP contribution in [0.3, 0.4) is 0 Å². The predicted molar refractivity (Wildman–Crippen MR) is 91.1 cm³/mol. The second kappa shape index (κ2) is 8.74. The summed E-state index contributed by atoms with van der Waals surface area (Å²) in [4.78, 5) is 15.5. The van der Waals surface area contributed by atoms with Crippen molar-refractivity contribution in [2.75, 3.05) is 12.3 Å². The van der Waals surface area contributed by atoms with Gasteiger partial charge in [-0.15, -0.1) is 23.1 Å². The largest absolute Gasteiger partial charge is 0.337 e. The molecule has 1 aromatic carbocycles. The highest BCUT2D eigenvalue weighted by atomic mass is 32.2. The third-order valence-electron chi connectivity index (χ3n) is 2.89. The maximum Gasteiger partial charge on any atom is 0.315 e. The second-order valence-corrected chi connectivity index (χ2v) is 6.91. The van der Waals surface area contributed by atoms with Crippen LogP contribution in [0.2, 0.25) is 0 Å². The van der Waals surface area contributed by atoms with Crippen LogP contribution in [-0.4, -0.2) is 18.3 Å². The molecule has 0 aliphatic carbocycles. The Labute approximate surface area is 134 Å². The second-order valence-electron chi connectivity index (χ2n) is 4.49. The Balaban J connectivity index is 1.59. The predicted octanol–water partition coefficient (Wildman–Crippen LogP) is 3.90. The Morgan fingerprint density at radius 3 is 2.57 bits per heavy atom. The SMILES string of the molecule is CCc1ccc(CNC(=O)NCCSc2ccccc2)s1. The van der Waals surface area contributed by atoms with Gasteiger partial charge in [-0.1, -0.05) is 25.1 Å². The average Bonchev–Trinajstić information content (AvgIpc) is 2.99. The molecule has 0 radical (unpaired) electrons. The molecule has 3 nitrogen and oxygen atoms in total. The number of thiophene rings is 1. The van der Waals surface area contributed by atoms with E-state index in [1.165, 1.54) is 14.6 Å². The van der Waals surface area contributed by atoms with E-state index in [9.17, 15) is 4.79 Å². The lowest BCUT2D eigenvalue weighted by molar-refractivity contribution is 0.241. The molecule has 0 saturated heterocycles. The first kappa shape index (κ1) is 15.9. The van der Waals surface area contributed by atoms with Gasteiger partial charge >= 0.3 is 6.03 Å². The van der Waals surface area contributed by atoms with Gasteiger partial charge in [0, 0.05) is 26.9 Å². The number of hydrogen-bond acceptors (Lipinski definition) is 3. The van der Waals surface area contributed by atoms with E-state index in [2.05, 4.69) is 41.8 Å². The molecule has 0 bridgehead atoms. The average molecular weight is 320 g/mol. The van der Waals surface area contributed by atoms with E-state index in [1.54, 1.807) is 23.1 Å². The molecular formula is C16H20N2OS2. The van der Waals surface area contributed by atoms with Crippen LogP contribution in [0.4, 0.5) is 4.79 Å². The van der Waals surface area contributed by atoms with Gasteiger partial charge in [0.05, 0.1) is 6.54 Å². The van der Waals surface area contributed by atoms with Gasteiger partial charge in [0.25, 0.3) is 0 Å². The van der Waals surface area contributed by atoms with Crippen molar-refractivity contribution in [1.29, 1.82) is 0 Å². The number of thioether (sulfide) groups is 1. The molecule has 2 aromatic rings. The number of nitrogens with one attached hydrogen (secondary N) is 2. The highest BCUT2D eigenvalue weighted by molar-refractivity contribution is 7.99. The molecule has 0 aliphatic heterocycles. The molecule has 2 N–H and O–H groups in total. The molecule has 0 aliphatic rings. The molecule has 5 heteroatoms. The van der Waals surface area contributed by atoms with E-state index in [0.717, 1.165) is 12.2 Å². The van der Waals surface area contributed by atoms with Crippen molar-refractivity contribution in [2.45, 2.75) is 24.8 Å². The van der Waals surface area contributed by atoms with Gasteiger partial charge in [0.2, 0.25) is 0 Å². The third kappa shape index (κ3) is 5.81. The number of carbonyl (C=O) groups excluding carboxylic acids is 1. The van der Waals surface area contributed by atoms with Gasteiger partial charge in [-0.2, -0.15) is 0 Å². The zero-order valence-corrected chi connectivity index (χ0v) is 13.7. The number of urea groups is 1. The molecule has 112 valence electrons. The number of rotatable bonds is 7. The van der Waals surface area contributed by atoms with Crippen LogP contribution in [0.1, 0.15) is 16.7 Å². The number of aryl methyl sites for hydroxylation is 1. The Kier molecular flexibility index (Phi) is 6.63. The summed E-state index contributed by atoms with van der Waals surface area (Å²) in [5.41, 5.74) is 0. The summed E-state index contributed by atoms with van der Waals surface area (Å²) in [6.07, 6.45) is 1.05. The summed E-state index contributed by atoms with van der Waals surface area (Å²) >= 11 is 3.50. The highest BCUT2D eigenvalue weighted by Crippen LogP contribution is 2.17. The van der Waals surface area contributed by atoms with Crippen molar-refractivity contribution in [2.24, 2.45) is 0 Å². The maximum absolute atomic E-state index is 11.7. The van der Waals surface area contributed by atoms with Crippen molar-refractivity contribution in [3.63, 3.8) is 0 Å². The lowest BCUT2D eigenvalue weighted by Crippen LogP contribution is -2.36. The fraction of sp³-hybridized carbons (Fsp3) is 0.312. The van der Waals surface area contributed by atoms with Crippen LogP contribution in [-0.2, 0) is 13.0 Å². The van der Waals surface area contributed by atoms with Crippen molar-refractivity contribution in [3.8, 4) is 0 Å². The van der Waals surface area contributed by atoms with Crippen molar-refractivity contribution < 1.29 is 4.79 Å². The van der Waals surface area contributed by atoms with Crippen molar-refractivity contribution >= 4 is 29.1 Å². The molecule has 0 saturated carbocycles. The Morgan fingerprint density at radius 2 is 1.86 bits per heavy atom. The molecular weight excluding hydrogens is 300 g/mol. The first-order valence-electron chi connectivity index (χ1n) is 7.05. The minimum Gasteiger partial charge on any atom is -0.337 e. The summed E-state index contributed by atoms with van der Waals surface area (Å²) in [6.45, 7) is 3.40. The molecule has 2 amide bonds. The van der Waals surface area contributed by atoms with Gasteiger partial charge in [-0.05, 0) is 30.7 Å². The van der Waals surface area contributed by atoms with Crippen LogP contribution in [0.5, 0.6) is 0 Å². The van der Waals surface area contributed by atoms with E-state index >= 15 is 0 Å². The standard InChI is InChI=1S/C16H20N2OS2/c1-2-13-8-9-15(21-13)12-18-16(19)17-10-11-20-14-6-4-3-5-7-14/h3-9H,2,10-12H2,1H3,(H2,17,18,19). The summed E-state index contributed by atoms with van der Waals surface area (Å²) in [5, 5.41) is 5.76. The molecule has 0 spiro atoms. The summed E-state index contributed by atoms with van der Waals surface area (Å²) in [6, 6.07) is 14.3. The minimum atomic E-state index is -0.102. The van der Waals surface area contributed by atoms with E-state index in [-0.39, 0.29) is 6.03 Å². The first-order valence-corrected chi connectivity index (χ1v) is 8.85. The fourth-order valence-corrected chi connectivity index (χ4v) is 3.47. The zero-order valence-electron chi connectivity index (χ0n) is 12.1. The van der Waals surface area contributed by atoms with Gasteiger partial charge in [0.1, 0.15) is 0 Å². The van der Waals surface area contributed by atoms with Gasteiger partial charge < -0.3 is 10.6 Å². The zero-order chi connectivity index (χ0) is 14.9. The Bertz CT molecular complexity index is 554. The molecule has 0 fully saturated rings. The number of hydrogen-bond donors (Lipinski definition) is 2. The van der Waals surface area contributed by atoms with Crippen molar-refractivity contribution in [3.05, 3.63) is 52.2 Å². The summed E-state index contributed by atoms with van der Waals surface area (Å²) in [7, 11) is 0. The lowest BCUT2D eigenvalue weighted by atomic mass is 10.4. The van der Waals surface area contributed by atoms with Gasteiger partial charge in [-0.25, -0.2) is 4.79 Å². The quantitative estimate of drug-likeness (QED) is 0.600. The molecule has 1 heterocycles. The van der Waals surface area contributed by atoms with E-state index in [1.807, 2.05) is 18.2 Å². The number of benzene rings is 1. The van der Waals surface area contributed by atoms with Gasteiger partial charge in [0.15, 0.2) is 0 Å². The third-order valence-corrected chi connectivity index (χ3v) is 5.13. The highest BCUT2D eigenvalue weighted by Gasteiger charge is 2.02. The van der Waals surface area contributed by atoms with E-state index < -0.39 is 0 Å². The molecule has 0 atom stereocenters. The van der Waals surface area contributed by atoms with E-state index in [4.69, 9.17) is 0 Å². The fourth-order valence-electron chi connectivity index (χ4n) is 1.79. The van der Waals surface area contributed by atoms with E-state index in [0.29, 0.717) is 13.1 Å². The Morgan fingerprint density at radius 1 is 1.10 bits per heavy atom. The monoisotopic (exact) mass is 320 g/mol. The van der Waals surface area contributed by atoms with Gasteiger partial charge in [-0.3, -0.25) is 0 Å². The minimum absolute atomic E-state index is 0.102. The summed E-state index contributed by atoms with van der Waals surface area (Å²) in [5.74, 6) is 0.871. The van der Waals surface area contributed by atoms with Crippen LogP contribution in [0, 0.1) is 0 Å². The summed E-state index contributed by atoms with van der Waals surface area (Å²) < 4.78 is 0. The van der Waals surface area contributed by atoms with Crippen LogP contribution in [0.15, 0.2) is 47.4 Å². The first-order chi connectivity index (χ1) is 10.3. The smallest absolute Gasteiger partial charge is 0.315 e. The van der Waals surface area contributed by atoms with Crippen LogP contribution < -0.4 is 10.6 Å². The Hall–Kier alpha value is -1.46. The lowest BCUT2D eigenvalue weighted by Gasteiger charge is -2.06. The topological polar surface area (TPSA) is 41.1 Å². The van der Waals surface area contributed by atoms with Crippen LogP contribution >= 0.6 is 23.1 Å². The number of carbonyl (C=O) groups is 1. The molecule has 1 aromatic heterocycles. The maximum atomic E-state index is 11.7. The number of amides is 2.